The van der Waals surface area contributed by atoms with Crippen LogP contribution in [0.2, 0.25) is 0 Å². The Morgan fingerprint density at radius 1 is 0.292 bits per heavy atom. The van der Waals surface area contributed by atoms with E-state index in [1.165, 1.54) is 273 Å². The van der Waals surface area contributed by atoms with Gasteiger partial charge in [-0.2, -0.15) is 0 Å². The first-order chi connectivity index (χ1) is 31.7. The SMILES string of the molecule is CCCCCCCCCCCCCCCCCCc1cccc(N=C(CCCC)C(CCCCCCCC)=Nc2cccc(CCCCCCCCCCCCCCCCCC)c2)c1.[Ni]. The van der Waals surface area contributed by atoms with E-state index >= 15 is 0 Å². The summed E-state index contributed by atoms with van der Waals surface area (Å²) in [6, 6.07) is 18.3. The Bertz CT molecular complexity index is 1360. The predicted octanol–water partition coefficient (Wildman–Crippen LogP) is 22.1. The molecule has 0 unspecified atom stereocenters. The number of unbranched alkanes of at least 4 members (excludes halogenated alkanes) is 36. The second-order valence-corrected chi connectivity index (χ2v) is 20.2. The molecule has 2 nitrogen and oxygen atoms in total. The van der Waals surface area contributed by atoms with Crippen molar-refractivity contribution in [3.8, 4) is 0 Å². The molecule has 0 radical (unpaired) electrons. The van der Waals surface area contributed by atoms with Crippen LogP contribution < -0.4 is 0 Å². The molecule has 376 valence electrons. The summed E-state index contributed by atoms with van der Waals surface area (Å²) in [5.41, 5.74) is 7.58. The molecule has 0 atom stereocenters. The Labute approximate surface area is 417 Å². The average molecular weight is 940 g/mol. The molecular formula is C62H108N2Ni. The molecule has 0 fully saturated rings. The van der Waals surface area contributed by atoms with E-state index in [1.807, 2.05) is 0 Å². The fraction of sp³-hybridized carbons (Fsp3) is 0.774. The largest absolute Gasteiger partial charge is 0.252 e. The van der Waals surface area contributed by atoms with Crippen LogP contribution in [-0.4, -0.2) is 11.4 Å². The van der Waals surface area contributed by atoms with Crippen molar-refractivity contribution in [2.24, 2.45) is 9.98 Å². The van der Waals surface area contributed by atoms with Crippen LogP contribution in [0.4, 0.5) is 11.4 Å². The van der Waals surface area contributed by atoms with Crippen molar-refractivity contribution >= 4 is 22.8 Å². The van der Waals surface area contributed by atoms with Crippen LogP contribution in [0.25, 0.3) is 0 Å². The molecule has 3 heteroatoms. The van der Waals surface area contributed by atoms with Gasteiger partial charge in [-0.1, -0.05) is 283 Å². The Kier molecular flexibility index (Phi) is 44.6. The number of benzene rings is 2. The zero-order chi connectivity index (χ0) is 45.6. The second-order valence-electron chi connectivity index (χ2n) is 20.2. The molecule has 65 heavy (non-hydrogen) atoms. The van der Waals surface area contributed by atoms with Crippen molar-refractivity contribution in [1.29, 1.82) is 0 Å². The van der Waals surface area contributed by atoms with Crippen LogP contribution in [0, 0.1) is 0 Å². The van der Waals surface area contributed by atoms with E-state index in [0.717, 1.165) is 43.5 Å². The summed E-state index contributed by atoms with van der Waals surface area (Å²) in [5, 5.41) is 0. The van der Waals surface area contributed by atoms with Crippen LogP contribution in [0.5, 0.6) is 0 Å². The van der Waals surface area contributed by atoms with Crippen LogP contribution in [0.15, 0.2) is 58.5 Å². The van der Waals surface area contributed by atoms with Gasteiger partial charge in [-0.3, -0.25) is 9.98 Å². The average Bonchev–Trinajstić information content (AvgIpc) is 3.31. The number of aliphatic imine (C=N–C) groups is 2. The van der Waals surface area contributed by atoms with Gasteiger partial charge in [-0.15, -0.1) is 0 Å². The fourth-order valence-electron chi connectivity index (χ4n) is 9.58. The predicted molar refractivity (Wildman–Crippen MR) is 291 cm³/mol. The first-order valence-corrected chi connectivity index (χ1v) is 29.0. The Hall–Kier alpha value is -1.73. The van der Waals surface area contributed by atoms with Crippen molar-refractivity contribution in [2.45, 2.75) is 310 Å². The van der Waals surface area contributed by atoms with Gasteiger partial charge in [0, 0.05) is 16.5 Å². The number of aryl methyl sites for hydroxylation is 2. The van der Waals surface area contributed by atoms with E-state index in [4.69, 9.17) is 9.98 Å². The summed E-state index contributed by atoms with van der Waals surface area (Å²) < 4.78 is 0. The van der Waals surface area contributed by atoms with E-state index in [-0.39, 0.29) is 16.5 Å². The van der Waals surface area contributed by atoms with Crippen LogP contribution in [0.3, 0.4) is 0 Å². The maximum Gasteiger partial charge on any atom is 0.0636 e. The van der Waals surface area contributed by atoms with E-state index < -0.39 is 0 Å². The van der Waals surface area contributed by atoms with Crippen molar-refractivity contribution in [1.82, 2.24) is 0 Å². The summed E-state index contributed by atoms with van der Waals surface area (Å²) in [4.78, 5) is 10.9. The van der Waals surface area contributed by atoms with Crippen LogP contribution >= 0.6 is 0 Å². The van der Waals surface area contributed by atoms with Gasteiger partial charge >= 0.3 is 0 Å². The third-order valence-electron chi connectivity index (χ3n) is 13.9. The summed E-state index contributed by atoms with van der Waals surface area (Å²) in [6.07, 6.45) is 59.9. The Morgan fingerprint density at radius 2 is 0.538 bits per heavy atom. The molecule has 2 aromatic carbocycles. The number of hydrogen-bond donors (Lipinski definition) is 0. The maximum atomic E-state index is 5.46. The van der Waals surface area contributed by atoms with Crippen molar-refractivity contribution < 1.29 is 16.5 Å². The van der Waals surface area contributed by atoms with E-state index in [1.54, 1.807) is 0 Å². The minimum absolute atomic E-state index is 0. The molecule has 0 saturated heterocycles. The molecule has 0 aromatic heterocycles. The van der Waals surface area contributed by atoms with Gasteiger partial charge in [0.05, 0.1) is 22.8 Å². The fourth-order valence-corrected chi connectivity index (χ4v) is 9.58. The zero-order valence-electron chi connectivity index (χ0n) is 43.9. The van der Waals surface area contributed by atoms with E-state index in [9.17, 15) is 0 Å². The van der Waals surface area contributed by atoms with Gasteiger partial charge in [-0.05, 0) is 86.8 Å². The minimum atomic E-state index is 0. The van der Waals surface area contributed by atoms with Crippen molar-refractivity contribution in [2.75, 3.05) is 0 Å². The standard InChI is InChI=1S/C62H108N2.Ni/c1-5-9-13-16-19-21-23-25-27-29-31-33-35-37-39-42-47-57-49-45-51-59(55-57)63-61(53-12-8-4)62(54-44-41-18-15-11-7-3)64-60-52-46-50-58(56-60)48-43-40-38-36-34-32-30-28-26-24-22-20-17-14-10-6-2;/h45-46,49-52,55-56H,5-44,47-48,53-54H2,1-4H3;. The molecular weight excluding hydrogens is 831 g/mol. The third kappa shape index (κ3) is 36.9. The molecule has 0 N–H and O–H groups in total. The smallest absolute Gasteiger partial charge is 0.0636 e. The normalized spacial score (nSPS) is 12.0. The van der Waals surface area contributed by atoms with Crippen molar-refractivity contribution in [3.63, 3.8) is 0 Å². The second kappa shape index (κ2) is 47.3. The van der Waals surface area contributed by atoms with E-state index in [2.05, 4.69) is 76.2 Å². The molecule has 0 amide bonds. The summed E-state index contributed by atoms with van der Waals surface area (Å²) in [5.74, 6) is 0. The first-order valence-electron chi connectivity index (χ1n) is 29.0. The molecule has 0 spiro atoms. The van der Waals surface area contributed by atoms with Gasteiger partial charge in [-0.25, -0.2) is 0 Å². The zero-order valence-corrected chi connectivity index (χ0v) is 44.9. The topological polar surface area (TPSA) is 24.7 Å². The molecule has 0 aliphatic carbocycles. The molecule has 2 rings (SSSR count). The summed E-state index contributed by atoms with van der Waals surface area (Å²) in [7, 11) is 0. The van der Waals surface area contributed by atoms with Gasteiger partial charge in [0.15, 0.2) is 0 Å². The number of hydrogen-bond acceptors (Lipinski definition) is 2. The quantitative estimate of drug-likeness (QED) is 0.0359. The molecule has 0 heterocycles. The third-order valence-corrected chi connectivity index (χ3v) is 13.9. The van der Waals surface area contributed by atoms with Gasteiger partial charge in [0.25, 0.3) is 0 Å². The molecule has 0 bridgehead atoms. The molecule has 2 aromatic rings. The molecule has 0 saturated carbocycles. The van der Waals surface area contributed by atoms with Gasteiger partial charge in [0.1, 0.15) is 0 Å². The molecule has 0 aliphatic heterocycles. The maximum absolute atomic E-state index is 5.46. The van der Waals surface area contributed by atoms with Gasteiger partial charge < -0.3 is 0 Å². The Balaban J connectivity index is 0.0000211. The van der Waals surface area contributed by atoms with E-state index in [0.29, 0.717) is 0 Å². The Morgan fingerprint density at radius 3 is 0.831 bits per heavy atom. The number of rotatable bonds is 47. The van der Waals surface area contributed by atoms with Crippen LogP contribution in [-0.2, 0) is 29.3 Å². The summed E-state index contributed by atoms with van der Waals surface area (Å²) in [6.45, 7) is 9.24. The summed E-state index contributed by atoms with van der Waals surface area (Å²) >= 11 is 0. The molecule has 0 aliphatic rings. The monoisotopic (exact) mass is 939 g/mol. The van der Waals surface area contributed by atoms with Crippen LogP contribution in [0.1, 0.15) is 308 Å². The minimum Gasteiger partial charge on any atom is -0.252 e. The first kappa shape index (κ1) is 61.3. The number of nitrogens with zero attached hydrogens (tertiary/aromatic N) is 2. The van der Waals surface area contributed by atoms with Gasteiger partial charge in [0.2, 0.25) is 0 Å². The van der Waals surface area contributed by atoms with Crippen molar-refractivity contribution in [3.05, 3.63) is 59.7 Å².